The number of benzene rings is 1. The molecule has 1 N–H and O–H groups in total. The summed E-state index contributed by atoms with van der Waals surface area (Å²) in [6.45, 7) is 7.09. The van der Waals surface area contributed by atoms with E-state index in [1.54, 1.807) is 4.68 Å². The number of morpholine rings is 1. The minimum Gasteiger partial charge on any atom is -0.378 e. The number of ether oxygens (including phenoxy) is 1. The van der Waals surface area contributed by atoms with Crippen molar-refractivity contribution in [2.75, 3.05) is 51.3 Å². The van der Waals surface area contributed by atoms with Crippen LogP contribution in [0.5, 0.6) is 0 Å². The smallest absolute Gasteiger partial charge is 0.234 e. The SMILES string of the molecule is CCCNC(=O)CN(C)Cn1nc(N2CCOCC2)n(Cc2ccccc2)c1=S. The van der Waals surface area contributed by atoms with E-state index >= 15 is 0 Å². The molecule has 1 aliphatic rings. The second-order valence-corrected chi connectivity index (χ2v) is 7.62. The molecule has 9 heteroatoms. The molecule has 1 fully saturated rings. The Balaban J connectivity index is 1.80. The monoisotopic (exact) mass is 418 g/mol. The van der Waals surface area contributed by atoms with Crippen LogP contribution in [0.2, 0.25) is 0 Å². The Morgan fingerprint density at radius 3 is 2.69 bits per heavy atom. The highest BCUT2D eigenvalue weighted by Gasteiger charge is 2.20. The first-order chi connectivity index (χ1) is 14.1. The zero-order chi connectivity index (χ0) is 20.6. The first kappa shape index (κ1) is 21.5. The van der Waals surface area contributed by atoms with E-state index in [-0.39, 0.29) is 5.91 Å². The number of carbonyl (C=O) groups excluding carboxylic acids is 1. The van der Waals surface area contributed by atoms with Crippen molar-refractivity contribution in [3.05, 3.63) is 40.7 Å². The average Bonchev–Trinajstić information content (AvgIpc) is 3.03. The molecule has 2 aromatic rings. The van der Waals surface area contributed by atoms with E-state index in [2.05, 4.69) is 26.9 Å². The second kappa shape index (κ2) is 10.5. The lowest BCUT2D eigenvalue weighted by atomic mass is 10.2. The van der Waals surface area contributed by atoms with Crippen molar-refractivity contribution in [3.8, 4) is 0 Å². The normalized spacial score (nSPS) is 14.4. The Bertz CT molecular complexity index is 844. The standard InChI is InChI=1S/C20H30N6O2S/c1-3-9-21-18(27)15-23(2)16-26-20(29)25(14-17-7-5-4-6-8-17)19(22-26)24-10-12-28-13-11-24/h4-8H,3,9-16H2,1-2H3,(H,21,27). The van der Waals surface area contributed by atoms with Gasteiger partial charge in [-0.25, -0.2) is 4.68 Å². The number of aromatic nitrogens is 3. The molecule has 1 aromatic heterocycles. The Hall–Kier alpha value is -2.23. The molecule has 0 aliphatic carbocycles. The van der Waals surface area contributed by atoms with Crippen molar-refractivity contribution in [1.82, 2.24) is 24.6 Å². The molecule has 0 spiro atoms. The van der Waals surface area contributed by atoms with Crippen molar-refractivity contribution in [1.29, 1.82) is 0 Å². The van der Waals surface area contributed by atoms with Gasteiger partial charge in [0.25, 0.3) is 0 Å². The summed E-state index contributed by atoms with van der Waals surface area (Å²) in [6, 6.07) is 10.2. The van der Waals surface area contributed by atoms with Gasteiger partial charge in [-0.15, -0.1) is 5.10 Å². The Kier molecular flexibility index (Phi) is 7.79. The Morgan fingerprint density at radius 1 is 1.28 bits per heavy atom. The fourth-order valence-corrected chi connectivity index (χ4v) is 3.51. The number of likely N-dealkylation sites (N-methyl/N-ethyl adjacent to an activating group) is 1. The molecular weight excluding hydrogens is 388 g/mol. The van der Waals surface area contributed by atoms with E-state index in [4.69, 9.17) is 22.1 Å². The molecular formula is C20H30N6O2S. The molecule has 1 saturated heterocycles. The molecule has 0 bridgehead atoms. The predicted molar refractivity (Wildman–Crippen MR) is 116 cm³/mol. The molecule has 158 valence electrons. The van der Waals surface area contributed by atoms with Gasteiger partial charge in [-0.05, 0) is 31.2 Å². The summed E-state index contributed by atoms with van der Waals surface area (Å²) in [5, 5.41) is 7.71. The van der Waals surface area contributed by atoms with Crippen LogP contribution in [-0.4, -0.2) is 71.6 Å². The van der Waals surface area contributed by atoms with Gasteiger partial charge in [-0.3, -0.25) is 14.3 Å². The van der Waals surface area contributed by atoms with Gasteiger partial charge in [0.2, 0.25) is 16.6 Å². The van der Waals surface area contributed by atoms with E-state index in [1.807, 2.05) is 37.1 Å². The van der Waals surface area contributed by atoms with Crippen LogP contribution in [0.15, 0.2) is 30.3 Å². The summed E-state index contributed by atoms with van der Waals surface area (Å²) in [7, 11) is 1.90. The van der Waals surface area contributed by atoms with Crippen molar-refractivity contribution >= 4 is 24.1 Å². The van der Waals surface area contributed by atoms with E-state index in [0.29, 0.717) is 44.3 Å². The number of amides is 1. The molecule has 3 rings (SSSR count). The summed E-state index contributed by atoms with van der Waals surface area (Å²) in [4.78, 5) is 16.1. The van der Waals surface area contributed by atoms with Crippen molar-refractivity contribution in [2.45, 2.75) is 26.6 Å². The van der Waals surface area contributed by atoms with Gasteiger partial charge in [0.15, 0.2) is 0 Å². The topological polar surface area (TPSA) is 67.6 Å². The third-order valence-electron chi connectivity index (χ3n) is 4.74. The lowest BCUT2D eigenvalue weighted by Crippen LogP contribution is -2.38. The van der Waals surface area contributed by atoms with E-state index in [0.717, 1.165) is 25.5 Å². The number of nitrogens with one attached hydrogen (secondary N) is 1. The molecule has 1 aromatic carbocycles. The zero-order valence-electron chi connectivity index (χ0n) is 17.2. The Labute approximate surface area is 177 Å². The zero-order valence-corrected chi connectivity index (χ0v) is 18.0. The van der Waals surface area contributed by atoms with Gasteiger partial charge in [-0.2, -0.15) is 0 Å². The second-order valence-electron chi connectivity index (χ2n) is 7.26. The van der Waals surface area contributed by atoms with Gasteiger partial charge in [0.1, 0.15) is 0 Å². The van der Waals surface area contributed by atoms with Crippen LogP contribution in [0.4, 0.5) is 5.95 Å². The quantitative estimate of drug-likeness (QED) is 0.626. The average molecular weight is 419 g/mol. The maximum Gasteiger partial charge on any atom is 0.234 e. The molecule has 0 atom stereocenters. The highest BCUT2D eigenvalue weighted by molar-refractivity contribution is 7.71. The van der Waals surface area contributed by atoms with Gasteiger partial charge in [0, 0.05) is 19.6 Å². The molecule has 0 radical (unpaired) electrons. The third-order valence-corrected chi connectivity index (χ3v) is 5.17. The highest BCUT2D eigenvalue weighted by atomic mass is 32.1. The molecule has 1 amide bonds. The maximum atomic E-state index is 12.0. The first-order valence-electron chi connectivity index (χ1n) is 10.1. The van der Waals surface area contributed by atoms with Crippen LogP contribution in [0.3, 0.4) is 0 Å². The Morgan fingerprint density at radius 2 is 2.00 bits per heavy atom. The fourth-order valence-electron chi connectivity index (χ4n) is 3.27. The third kappa shape index (κ3) is 5.88. The maximum absolute atomic E-state index is 12.0. The molecule has 1 aliphatic heterocycles. The van der Waals surface area contributed by atoms with Crippen molar-refractivity contribution in [2.24, 2.45) is 0 Å². The summed E-state index contributed by atoms with van der Waals surface area (Å²) in [5.41, 5.74) is 1.17. The van der Waals surface area contributed by atoms with Crippen molar-refractivity contribution < 1.29 is 9.53 Å². The molecule has 0 saturated carbocycles. The number of hydrogen-bond donors (Lipinski definition) is 1. The highest BCUT2D eigenvalue weighted by Crippen LogP contribution is 2.17. The lowest BCUT2D eigenvalue weighted by Gasteiger charge is -2.27. The summed E-state index contributed by atoms with van der Waals surface area (Å²) >= 11 is 5.76. The molecule has 2 heterocycles. The molecule has 8 nitrogen and oxygen atoms in total. The minimum absolute atomic E-state index is 0.0120. The van der Waals surface area contributed by atoms with Crippen molar-refractivity contribution in [3.63, 3.8) is 0 Å². The van der Waals surface area contributed by atoms with Gasteiger partial charge in [0.05, 0.1) is 33.0 Å². The largest absolute Gasteiger partial charge is 0.378 e. The lowest BCUT2D eigenvalue weighted by molar-refractivity contribution is -0.122. The van der Waals surface area contributed by atoms with Crippen LogP contribution in [0.1, 0.15) is 18.9 Å². The molecule has 29 heavy (non-hydrogen) atoms. The van der Waals surface area contributed by atoms with Crippen LogP contribution in [-0.2, 0) is 22.7 Å². The van der Waals surface area contributed by atoms with E-state index in [9.17, 15) is 4.79 Å². The van der Waals surface area contributed by atoms with Gasteiger partial charge < -0.3 is 15.0 Å². The predicted octanol–water partition coefficient (Wildman–Crippen LogP) is 1.71. The van der Waals surface area contributed by atoms with Crippen LogP contribution >= 0.6 is 12.2 Å². The molecule has 0 unspecified atom stereocenters. The number of nitrogens with zero attached hydrogens (tertiary/aromatic N) is 5. The van der Waals surface area contributed by atoms with E-state index < -0.39 is 0 Å². The number of anilines is 1. The number of hydrogen-bond acceptors (Lipinski definition) is 6. The summed E-state index contributed by atoms with van der Waals surface area (Å²) < 4.78 is 10.0. The van der Waals surface area contributed by atoms with Crippen LogP contribution in [0.25, 0.3) is 0 Å². The minimum atomic E-state index is 0.0120. The van der Waals surface area contributed by atoms with E-state index in [1.165, 1.54) is 5.56 Å². The van der Waals surface area contributed by atoms with Crippen LogP contribution in [0, 0.1) is 4.77 Å². The van der Waals surface area contributed by atoms with Gasteiger partial charge in [-0.1, -0.05) is 37.3 Å². The summed E-state index contributed by atoms with van der Waals surface area (Å²) in [5.74, 6) is 0.865. The summed E-state index contributed by atoms with van der Waals surface area (Å²) in [6.07, 6.45) is 0.924. The number of carbonyl (C=O) groups is 1. The first-order valence-corrected chi connectivity index (χ1v) is 10.5. The van der Waals surface area contributed by atoms with Crippen LogP contribution < -0.4 is 10.2 Å². The fraction of sp³-hybridized carbons (Fsp3) is 0.550. The number of rotatable bonds is 9. The van der Waals surface area contributed by atoms with Gasteiger partial charge >= 0.3 is 0 Å².